The van der Waals surface area contributed by atoms with E-state index in [2.05, 4.69) is 11.4 Å². The Balaban J connectivity index is 1.42. The fraction of sp³-hybridized carbons (Fsp3) is 0.568. The molecule has 0 saturated heterocycles. The van der Waals surface area contributed by atoms with Crippen LogP contribution in [0.4, 0.5) is 0 Å². The Morgan fingerprint density at radius 1 is 1.02 bits per heavy atom. The molecule has 0 unspecified atom stereocenters. The number of fused-ring (bicyclic) bond motifs is 2. The van der Waals surface area contributed by atoms with E-state index in [4.69, 9.17) is 14.2 Å². The lowest BCUT2D eigenvalue weighted by Gasteiger charge is -2.44. The Morgan fingerprint density at radius 3 is 2.44 bits per heavy atom. The van der Waals surface area contributed by atoms with Gasteiger partial charge in [0.2, 0.25) is 0 Å². The second-order valence-corrected chi connectivity index (χ2v) is 13.4. The number of aromatic hydroxyl groups is 2. The van der Waals surface area contributed by atoms with Crippen molar-refractivity contribution in [2.75, 3.05) is 27.8 Å². The van der Waals surface area contributed by atoms with E-state index < -0.39 is 12.1 Å². The van der Waals surface area contributed by atoms with Crippen LogP contribution in [0.15, 0.2) is 36.4 Å². The number of phenolic OH excluding ortho intramolecular Hbond substituents is 2. The normalized spacial score (nSPS) is 22.5. The molecule has 0 aliphatic heterocycles. The van der Waals surface area contributed by atoms with Crippen LogP contribution in [0.25, 0.3) is 5.57 Å². The van der Waals surface area contributed by atoms with E-state index in [0.717, 1.165) is 35.1 Å². The lowest BCUT2D eigenvalue weighted by molar-refractivity contribution is -0.147. The van der Waals surface area contributed by atoms with Crippen LogP contribution in [0, 0.1) is 17.3 Å². The number of aryl methyl sites for hydroxylation is 1. The molecule has 8 heteroatoms. The topological polar surface area (TPSA) is 114 Å². The zero-order valence-electron chi connectivity index (χ0n) is 27.2. The first-order valence-corrected chi connectivity index (χ1v) is 16.5. The van der Waals surface area contributed by atoms with Crippen molar-refractivity contribution in [3.63, 3.8) is 0 Å². The van der Waals surface area contributed by atoms with Gasteiger partial charge in [0.15, 0.2) is 23.0 Å². The van der Waals surface area contributed by atoms with Crippen LogP contribution in [0.1, 0.15) is 93.7 Å². The van der Waals surface area contributed by atoms with Gasteiger partial charge >= 0.3 is 5.97 Å². The van der Waals surface area contributed by atoms with Gasteiger partial charge in [0.1, 0.15) is 11.9 Å². The van der Waals surface area contributed by atoms with Gasteiger partial charge in [-0.25, -0.2) is 0 Å². The zero-order chi connectivity index (χ0) is 32.1. The standard InChI is InChI=1S/C37H49NO7/c1-23(39)45-28(9-7-24-8-10-33(41)35(15-24)43-3)17-27(40)18-31-29-11-14-37(12-5-6-13-37)21-25(29)16-26(22-38-2)30-19-34(42)36(44-4)20-32(30)31/h8,10,15-16,19-20,25,28-29,31,38,41-42H,5-7,9,11-14,17-18,21-22H2,1-4H3/t25-,28+,29-,31-/m0/s1. The summed E-state index contributed by atoms with van der Waals surface area (Å²) in [6.07, 6.45) is 11.9. The fourth-order valence-corrected chi connectivity index (χ4v) is 8.44. The van der Waals surface area contributed by atoms with Gasteiger partial charge in [-0.15, -0.1) is 0 Å². The molecule has 2 saturated carbocycles. The average molecular weight is 620 g/mol. The van der Waals surface area contributed by atoms with Gasteiger partial charge in [-0.1, -0.05) is 25.0 Å². The maximum Gasteiger partial charge on any atom is 0.302 e. The summed E-state index contributed by atoms with van der Waals surface area (Å²) < 4.78 is 16.5. The molecule has 3 aliphatic rings. The lowest BCUT2D eigenvalue weighted by Crippen LogP contribution is -2.34. The summed E-state index contributed by atoms with van der Waals surface area (Å²) in [4.78, 5) is 26.0. The molecule has 0 aromatic heterocycles. The first kappa shape index (κ1) is 32.9. The van der Waals surface area contributed by atoms with E-state index in [-0.39, 0.29) is 29.6 Å². The van der Waals surface area contributed by atoms with Gasteiger partial charge in [-0.05, 0) is 122 Å². The monoisotopic (exact) mass is 619 g/mol. The fourth-order valence-electron chi connectivity index (χ4n) is 8.44. The molecule has 0 heterocycles. The zero-order valence-corrected chi connectivity index (χ0v) is 27.2. The van der Waals surface area contributed by atoms with Gasteiger partial charge < -0.3 is 29.7 Å². The molecule has 2 aromatic rings. The molecule has 2 aromatic carbocycles. The molecule has 0 radical (unpaired) electrons. The summed E-state index contributed by atoms with van der Waals surface area (Å²) in [6.45, 7) is 2.05. The summed E-state index contributed by atoms with van der Waals surface area (Å²) in [5.41, 5.74) is 4.51. The molecule has 0 bridgehead atoms. The minimum absolute atomic E-state index is 0.0457. The number of allylic oxidation sites excluding steroid dienone is 1. The van der Waals surface area contributed by atoms with Crippen LogP contribution in [-0.2, 0) is 20.7 Å². The Morgan fingerprint density at radius 2 is 1.76 bits per heavy atom. The molecular weight excluding hydrogens is 570 g/mol. The number of hydrogen-bond donors (Lipinski definition) is 3. The van der Waals surface area contributed by atoms with Crippen LogP contribution in [-0.4, -0.2) is 55.9 Å². The van der Waals surface area contributed by atoms with Crippen LogP contribution in [0.2, 0.25) is 0 Å². The van der Waals surface area contributed by atoms with Crippen molar-refractivity contribution in [2.24, 2.45) is 17.3 Å². The number of hydrogen-bond acceptors (Lipinski definition) is 8. The summed E-state index contributed by atoms with van der Waals surface area (Å²) in [7, 11) is 5.00. The molecule has 3 N–H and O–H groups in total. The van der Waals surface area contributed by atoms with E-state index in [1.807, 2.05) is 25.2 Å². The molecule has 8 nitrogen and oxygen atoms in total. The molecule has 4 atom stereocenters. The number of rotatable bonds is 12. The minimum Gasteiger partial charge on any atom is -0.504 e. The van der Waals surface area contributed by atoms with Crippen LogP contribution in [0.3, 0.4) is 0 Å². The highest BCUT2D eigenvalue weighted by Gasteiger charge is 2.46. The Labute approximate surface area is 267 Å². The molecule has 0 amide bonds. The lowest BCUT2D eigenvalue weighted by atomic mass is 9.60. The quantitative estimate of drug-likeness (QED) is 0.225. The molecule has 45 heavy (non-hydrogen) atoms. The summed E-state index contributed by atoms with van der Waals surface area (Å²) in [5.74, 6) is 1.19. The highest BCUT2D eigenvalue weighted by molar-refractivity contribution is 5.82. The largest absolute Gasteiger partial charge is 0.504 e. The smallest absolute Gasteiger partial charge is 0.302 e. The number of methoxy groups -OCH3 is 2. The summed E-state index contributed by atoms with van der Waals surface area (Å²) in [5, 5.41) is 24.1. The number of likely N-dealkylation sites (N-methyl/N-ethyl adjacent to an activating group) is 1. The van der Waals surface area contributed by atoms with E-state index >= 15 is 0 Å². The Kier molecular flexibility index (Phi) is 10.4. The highest BCUT2D eigenvalue weighted by atomic mass is 16.5. The van der Waals surface area contributed by atoms with Gasteiger partial charge in [0, 0.05) is 26.3 Å². The molecule has 244 valence electrons. The second-order valence-electron chi connectivity index (χ2n) is 13.4. The SMILES string of the molecule is CNCC1=C[C@H]2CC3(CCCC3)CC[C@@H]2[C@H](CC(=O)C[C@@H](CCc2ccc(O)c(OC)c2)OC(C)=O)c2cc(OC)c(O)cc21. The highest BCUT2D eigenvalue weighted by Crippen LogP contribution is 2.58. The number of benzene rings is 2. The van der Waals surface area contributed by atoms with Crippen molar-refractivity contribution >= 4 is 17.3 Å². The van der Waals surface area contributed by atoms with Gasteiger partial charge in [-0.3, -0.25) is 9.59 Å². The summed E-state index contributed by atoms with van der Waals surface area (Å²) >= 11 is 0. The summed E-state index contributed by atoms with van der Waals surface area (Å²) in [6, 6.07) is 8.92. The van der Waals surface area contributed by atoms with Crippen LogP contribution < -0.4 is 14.8 Å². The third-order valence-corrected chi connectivity index (χ3v) is 10.5. The third kappa shape index (κ3) is 7.49. The first-order valence-electron chi connectivity index (χ1n) is 16.5. The van der Waals surface area contributed by atoms with E-state index in [9.17, 15) is 19.8 Å². The van der Waals surface area contributed by atoms with Crippen molar-refractivity contribution in [3.05, 3.63) is 53.1 Å². The van der Waals surface area contributed by atoms with E-state index in [0.29, 0.717) is 54.6 Å². The minimum atomic E-state index is -0.559. The number of ketones is 1. The van der Waals surface area contributed by atoms with Crippen LogP contribution >= 0.6 is 0 Å². The maximum absolute atomic E-state index is 14.0. The molecule has 1 spiro atoms. The molecule has 3 aliphatic carbocycles. The number of phenols is 2. The number of Topliss-reactive ketones (excluding diaryl/α,β-unsaturated/α-hetero) is 1. The number of ether oxygens (including phenoxy) is 3. The third-order valence-electron chi connectivity index (χ3n) is 10.5. The molecule has 5 rings (SSSR count). The van der Waals surface area contributed by atoms with Crippen molar-refractivity contribution < 1.29 is 34.0 Å². The van der Waals surface area contributed by atoms with Gasteiger partial charge in [0.05, 0.1) is 14.2 Å². The predicted octanol–water partition coefficient (Wildman–Crippen LogP) is 6.71. The van der Waals surface area contributed by atoms with Crippen molar-refractivity contribution in [1.29, 1.82) is 0 Å². The predicted molar refractivity (Wildman–Crippen MR) is 174 cm³/mol. The molecule has 2 fully saturated rings. The van der Waals surface area contributed by atoms with E-state index in [1.165, 1.54) is 46.1 Å². The maximum atomic E-state index is 14.0. The first-order chi connectivity index (χ1) is 21.6. The second kappa shape index (κ2) is 14.3. The molecular formula is C37H49NO7. The number of esters is 1. The van der Waals surface area contributed by atoms with Crippen LogP contribution in [0.5, 0.6) is 23.0 Å². The number of nitrogens with one attached hydrogen (secondary N) is 1. The Hall–Kier alpha value is -3.52. The van der Waals surface area contributed by atoms with Crippen molar-refractivity contribution in [3.8, 4) is 23.0 Å². The van der Waals surface area contributed by atoms with Crippen molar-refractivity contribution in [1.82, 2.24) is 5.32 Å². The van der Waals surface area contributed by atoms with Crippen molar-refractivity contribution in [2.45, 2.75) is 89.6 Å². The van der Waals surface area contributed by atoms with Gasteiger partial charge in [-0.2, -0.15) is 0 Å². The average Bonchev–Trinajstić information content (AvgIpc) is 3.42. The Bertz CT molecular complexity index is 1410. The van der Waals surface area contributed by atoms with Gasteiger partial charge in [0.25, 0.3) is 0 Å². The number of carbonyl (C=O) groups is 2. The number of carbonyl (C=O) groups excluding carboxylic acids is 2. The van der Waals surface area contributed by atoms with E-state index in [1.54, 1.807) is 19.2 Å².